The maximum atomic E-state index is 13.8. The number of likely N-dealkylation sites (N-methyl/N-ethyl adjacent to an activating group) is 1. The minimum atomic E-state index is -0.147. The van der Waals surface area contributed by atoms with Gasteiger partial charge in [0.25, 0.3) is 5.91 Å². The maximum Gasteiger partial charge on any atom is 0.260 e. The second-order valence-corrected chi connectivity index (χ2v) is 11.3. The summed E-state index contributed by atoms with van der Waals surface area (Å²) in [5.74, 6) is 0.875. The summed E-state index contributed by atoms with van der Waals surface area (Å²) in [6, 6.07) is 10.2. The Hall–Kier alpha value is -3.88. The minimum Gasteiger partial charge on any atom is -0.392 e. The molecule has 3 N–H and O–H groups in total. The van der Waals surface area contributed by atoms with E-state index < -0.39 is 0 Å². The summed E-state index contributed by atoms with van der Waals surface area (Å²) in [5.41, 5.74) is 10.4. The fraction of sp³-hybridized carbons (Fsp3) is 0.375. The third kappa shape index (κ3) is 4.41. The van der Waals surface area contributed by atoms with Crippen molar-refractivity contribution in [3.63, 3.8) is 0 Å². The number of anilines is 2. The van der Waals surface area contributed by atoms with Crippen molar-refractivity contribution < 1.29 is 9.90 Å². The number of aromatic nitrogens is 2. The molecule has 0 spiro atoms. The average molecular weight is 537 g/mol. The number of hydrogen-bond acceptors (Lipinski definition) is 6. The van der Waals surface area contributed by atoms with Gasteiger partial charge in [0.05, 0.1) is 24.4 Å². The molecule has 1 amide bonds. The van der Waals surface area contributed by atoms with Gasteiger partial charge in [0.1, 0.15) is 5.82 Å². The highest BCUT2D eigenvalue weighted by molar-refractivity contribution is 6.09. The van der Waals surface area contributed by atoms with Crippen molar-refractivity contribution in [1.82, 2.24) is 19.8 Å². The van der Waals surface area contributed by atoms with Crippen LogP contribution in [0.5, 0.6) is 0 Å². The van der Waals surface area contributed by atoms with E-state index in [0.717, 1.165) is 84.9 Å². The summed E-state index contributed by atoms with van der Waals surface area (Å²) in [7, 11) is 2.05. The molecule has 4 aliphatic rings. The summed E-state index contributed by atoms with van der Waals surface area (Å²) in [6.45, 7) is 4.07. The van der Waals surface area contributed by atoms with Crippen molar-refractivity contribution in [1.29, 1.82) is 0 Å². The van der Waals surface area contributed by atoms with Crippen molar-refractivity contribution in [3.8, 4) is 0 Å². The Morgan fingerprint density at radius 1 is 1.07 bits per heavy atom. The fourth-order valence-electron chi connectivity index (χ4n) is 6.76. The molecule has 6 heterocycles. The molecule has 8 nitrogen and oxygen atoms in total. The number of hydrogen-bond donors (Lipinski definition) is 3. The second kappa shape index (κ2) is 10.3. The zero-order valence-electron chi connectivity index (χ0n) is 23.0. The zero-order valence-corrected chi connectivity index (χ0v) is 23.0. The molecule has 4 aliphatic heterocycles. The SMILES string of the molecule is CN1C=C(c2cccc(N3CCc4c(cc5n4CCCC5)C3=O)c2CO)C=C(Nc2cc3c(cn2)CCNC3)C1. The Bertz CT molecular complexity index is 1550. The van der Waals surface area contributed by atoms with Crippen LogP contribution < -0.4 is 15.5 Å². The van der Waals surface area contributed by atoms with E-state index in [2.05, 4.69) is 49.5 Å². The van der Waals surface area contributed by atoms with Crippen molar-refractivity contribution >= 4 is 23.0 Å². The number of nitrogens with zero attached hydrogens (tertiary/aromatic N) is 4. The molecule has 0 radical (unpaired) electrons. The van der Waals surface area contributed by atoms with Gasteiger partial charge in [-0.05, 0) is 78.8 Å². The van der Waals surface area contributed by atoms with E-state index in [1.54, 1.807) is 0 Å². The van der Waals surface area contributed by atoms with E-state index in [0.29, 0.717) is 6.54 Å². The molecule has 0 aliphatic carbocycles. The summed E-state index contributed by atoms with van der Waals surface area (Å²) in [6.07, 6.45) is 11.5. The number of benzene rings is 1. The Morgan fingerprint density at radius 3 is 2.90 bits per heavy atom. The summed E-state index contributed by atoms with van der Waals surface area (Å²) in [4.78, 5) is 22.4. The molecule has 0 bridgehead atoms. The van der Waals surface area contributed by atoms with Crippen LogP contribution in [0.25, 0.3) is 5.57 Å². The van der Waals surface area contributed by atoms with E-state index in [4.69, 9.17) is 0 Å². The average Bonchev–Trinajstić information content (AvgIpc) is 3.36. The van der Waals surface area contributed by atoms with Crippen molar-refractivity contribution in [2.45, 2.75) is 51.8 Å². The monoisotopic (exact) mass is 536 g/mol. The lowest BCUT2D eigenvalue weighted by molar-refractivity contribution is 0.0979. The molecule has 3 aromatic rings. The lowest BCUT2D eigenvalue weighted by atomic mass is 9.95. The molecule has 40 heavy (non-hydrogen) atoms. The Labute approximate surface area is 235 Å². The second-order valence-electron chi connectivity index (χ2n) is 11.3. The van der Waals surface area contributed by atoms with Gasteiger partial charge in [0.15, 0.2) is 0 Å². The molecule has 0 fully saturated rings. The molecular weight excluding hydrogens is 500 g/mol. The summed E-state index contributed by atoms with van der Waals surface area (Å²) >= 11 is 0. The number of carbonyl (C=O) groups excluding carboxylic acids is 1. The number of pyridine rings is 1. The highest BCUT2D eigenvalue weighted by Crippen LogP contribution is 2.36. The first-order valence-electron chi connectivity index (χ1n) is 14.4. The van der Waals surface area contributed by atoms with E-state index in [1.807, 2.05) is 36.3 Å². The van der Waals surface area contributed by atoms with E-state index in [1.165, 1.54) is 35.4 Å². The number of nitrogens with one attached hydrogen (secondary N) is 2. The van der Waals surface area contributed by atoms with Crippen LogP contribution in [0.1, 0.15) is 56.8 Å². The first-order chi connectivity index (χ1) is 19.6. The van der Waals surface area contributed by atoms with Gasteiger partial charge in [-0.1, -0.05) is 12.1 Å². The van der Waals surface area contributed by atoms with Crippen LogP contribution in [0.4, 0.5) is 11.5 Å². The molecule has 8 heteroatoms. The fourth-order valence-corrected chi connectivity index (χ4v) is 6.76. The van der Waals surface area contributed by atoms with Gasteiger partial charge >= 0.3 is 0 Å². The normalized spacial score (nSPS) is 18.5. The number of aryl methyl sites for hydroxylation is 1. The largest absolute Gasteiger partial charge is 0.392 e. The zero-order chi connectivity index (χ0) is 27.2. The minimum absolute atomic E-state index is 0.0376. The molecule has 0 saturated carbocycles. The van der Waals surface area contributed by atoms with Crippen LogP contribution in [0.15, 0.2) is 54.5 Å². The van der Waals surface area contributed by atoms with Gasteiger partial charge in [0.2, 0.25) is 0 Å². The van der Waals surface area contributed by atoms with E-state index >= 15 is 0 Å². The Morgan fingerprint density at radius 2 is 2.00 bits per heavy atom. The van der Waals surface area contributed by atoms with Gasteiger partial charge in [0, 0.05) is 68.1 Å². The number of aliphatic hydroxyl groups excluding tert-OH is 1. The standard InChI is InChI=1S/C32H36N6O2/c1-36-18-23(13-24(19-36)35-31-14-22-16-33-10-8-21(22)17-34-31)26-6-4-7-29(28(26)20-39)38-12-9-30-27(32(38)40)15-25-5-2-3-11-37(25)30/h4,6-7,13-15,17-18,33,39H,2-3,5,8-12,16,19-20H2,1H3,(H,34,35). The van der Waals surface area contributed by atoms with E-state index in [9.17, 15) is 9.90 Å². The van der Waals surface area contributed by atoms with Gasteiger partial charge < -0.3 is 30.1 Å². The van der Waals surface area contributed by atoms with Crippen LogP contribution in [-0.4, -0.2) is 52.1 Å². The predicted octanol–water partition coefficient (Wildman–Crippen LogP) is 3.84. The van der Waals surface area contributed by atoms with Crippen molar-refractivity contribution in [3.05, 3.63) is 93.7 Å². The van der Waals surface area contributed by atoms with Crippen LogP contribution >= 0.6 is 0 Å². The van der Waals surface area contributed by atoms with Crippen LogP contribution in [0.2, 0.25) is 0 Å². The van der Waals surface area contributed by atoms with Gasteiger partial charge in [-0.25, -0.2) is 4.98 Å². The number of carbonyl (C=O) groups is 1. The summed E-state index contributed by atoms with van der Waals surface area (Å²) in [5, 5.41) is 17.6. The van der Waals surface area contributed by atoms with Crippen LogP contribution in [-0.2, 0) is 39.0 Å². The van der Waals surface area contributed by atoms with Gasteiger partial charge in [-0.15, -0.1) is 0 Å². The third-order valence-corrected chi connectivity index (χ3v) is 8.69. The van der Waals surface area contributed by atoms with Crippen molar-refractivity contribution in [2.75, 3.05) is 36.9 Å². The highest BCUT2D eigenvalue weighted by atomic mass is 16.3. The predicted molar refractivity (Wildman–Crippen MR) is 157 cm³/mol. The maximum absolute atomic E-state index is 13.8. The molecule has 0 atom stereocenters. The molecular formula is C32H36N6O2. The quantitative estimate of drug-likeness (QED) is 0.460. The first kappa shape index (κ1) is 25.1. The number of fused-ring (bicyclic) bond motifs is 4. The van der Waals surface area contributed by atoms with Crippen LogP contribution in [0.3, 0.4) is 0 Å². The molecule has 0 unspecified atom stereocenters. The molecule has 1 aromatic carbocycles. The smallest absolute Gasteiger partial charge is 0.260 e. The highest BCUT2D eigenvalue weighted by Gasteiger charge is 2.32. The Balaban J connectivity index is 1.19. The van der Waals surface area contributed by atoms with Gasteiger partial charge in [-0.3, -0.25) is 4.79 Å². The van der Waals surface area contributed by atoms with Crippen molar-refractivity contribution in [2.24, 2.45) is 0 Å². The van der Waals surface area contributed by atoms with Crippen LogP contribution in [0, 0.1) is 0 Å². The molecule has 7 rings (SSSR count). The number of allylic oxidation sites excluding steroid dienone is 2. The molecule has 206 valence electrons. The number of amides is 1. The first-order valence-corrected chi connectivity index (χ1v) is 14.4. The number of rotatable bonds is 5. The molecule has 2 aromatic heterocycles. The lowest BCUT2D eigenvalue weighted by Crippen LogP contribution is -2.38. The Kier molecular flexibility index (Phi) is 6.44. The summed E-state index contributed by atoms with van der Waals surface area (Å²) < 4.78 is 2.37. The topological polar surface area (TPSA) is 85.7 Å². The van der Waals surface area contributed by atoms with E-state index in [-0.39, 0.29) is 12.5 Å². The molecule has 0 saturated heterocycles. The lowest BCUT2D eigenvalue weighted by Gasteiger charge is -2.31. The van der Waals surface area contributed by atoms with Gasteiger partial charge in [-0.2, -0.15) is 0 Å². The number of aliphatic hydroxyl groups is 1. The third-order valence-electron chi connectivity index (χ3n) is 8.69.